The van der Waals surface area contributed by atoms with Gasteiger partial charge in [0.05, 0.1) is 16.3 Å². The second-order valence-electron chi connectivity index (χ2n) is 6.99. The van der Waals surface area contributed by atoms with Crippen molar-refractivity contribution < 1.29 is 9.59 Å². The van der Waals surface area contributed by atoms with Crippen LogP contribution in [-0.4, -0.2) is 21.7 Å². The predicted octanol–water partition coefficient (Wildman–Crippen LogP) is 5.64. The zero-order chi connectivity index (χ0) is 22.5. The van der Waals surface area contributed by atoms with Gasteiger partial charge in [-0.2, -0.15) is 5.10 Å². The van der Waals surface area contributed by atoms with Gasteiger partial charge in [0, 0.05) is 30.1 Å². The van der Waals surface area contributed by atoms with E-state index in [1.807, 2.05) is 30.3 Å². The summed E-state index contributed by atoms with van der Waals surface area (Å²) in [6, 6.07) is 24.7. The van der Waals surface area contributed by atoms with Crippen LogP contribution in [0.2, 0.25) is 5.02 Å². The van der Waals surface area contributed by atoms with Gasteiger partial charge in [0.1, 0.15) is 5.82 Å². The van der Waals surface area contributed by atoms with Crippen LogP contribution in [0.4, 0.5) is 22.0 Å². The number of halogens is 1. The van der Waals surface area contributed by atoms with Crippen LogP contribution < -0.4 is 16.0 Å². The van der Waals surface area contributed by atoms with Gasteiger partial charge in [-0.3, -0.25) is 14.8 Å². The molecular weight excluding hydrogens is 426 g/mol. The summed E-state index contributed by atoms with van der Waals surface area (Å²) in [6.45, 7) is 0. The summed E-state index contributed by atoms with van der Waals surface area (Å²) in [6.07, 6.45) is 0. The molecule has 0 unspecified atom stereocenters. The van der Waals surface area contributed by atoms with E-state index in [4.69, 9.17) is 11.6 Å². The number of hydrogen-bond acceptors (Lipinski definition) is 3. The Balaban J connectivity index is 1.42. The van der Waals surface area contributed by atoms with Gasteiger partial charge in [0.15, 0.2) is 0 Å². The summed E-state index contributed by atoms with van der Waals surface area (Å²) < 4.78 is 1.59. The summed E-state index contributed by atoms with van der Waals surface area (Å²) >= 11 is 6.08. The number of amides is 3. The van der Waals surface area contributed by atoms with E-state index in [1.165, 1.54) is 0 Å². The fourth-order valence-corrected chi connectivity index (χ4v) is 3.32. The molecule has 8 heteroatoms. The first-order chi connectivity index (χ1) is 15.5. The van der Waals surface area contributed by atoms with Crippen molar-refractivity contribution in [1.29, 1.82) is 0 Å². The molecule has 0 atom stereocenters. The molecule has 3 N–H and O–H groups in total. The Morgan fingerprint density at radius 2 is 1.47 bits per heavy atom. The monoisotopic (exact) mass is 445 g/mol. The smallest absolute Gasteiger partial charge is 0.322 e. The summed E-state index contributed by atoms with van der Waals surface area (Å²) in [5.74, 6) is 0.265. The molecule has 0 aliphatic heterocycles. The fraction of sp³-hybridized carbons (Fsp3) is 0.0417. The molecule has 160 valence electrons. The molecule has 0 saturated heterocycles. The number of aryl methyl sites for hydroxylation is 1. The van der Waals surface area contributed by atoms with Crippen molar-refractivity contribution in [1.82, 2.24) is 9.78 Å². The van der Waals surface area contributed by atoms with E-state index in [1.54, 1.807) is 66.3 Å². The van der Waals surface area contributed by atoms with E-state index in [2.05, 4.69) is 21.0 Å². The lowest BCUT2D eigenvalue weighted by molar-refractivity contribution is 0.102. The summed E-state index contributed by atoms with van der Waals surface area (Å²) in [4.78, 5) is 24.7. The molecule has 3 amide bonds. The number of aromatic nitrogens is 2. The lowest BCUT2D eigenvalue weighted by Crippen LogP contribution is -2.20. The number of carbonyl (C=O) groups excluding carboxylic acids is 2. The lowest BCUT2D eigenvalue weighted by atomic mass is 10.1. The van der Waals surface area contributed by atoms with Crippen molar-refractivity contribution in [2.45, 2.75) is 0 Å². The number of rotatable bonds is 5. The number of benzene rings is 3. The number of anilines is 3. The molecule has 0 fully saturated rings. The molecule has 0 aliphatic carbocycles. The van der Waals surface area contributed by atoms with Gasteiger partial charge >= 0.3 is 6.03 Å². The molecule has 7 nitrogen and oxygen atoms in total. The molecule has 0 bridgehead atoms. The standard InChI is InChI=1S/C24H20ClN5O2/c1-30-22(28-24(32)27-17-7-3-2-4-8-17)15-21(29-30)16-11-13-18(14-12-16)26-23(31)19-9-5-6-10-20(19)25/h2-15H,1H3,(H,26,31)(H2,27,28,32). The van der Waals surface area contributed by atoms with Crippen LogP contribution in [0.3, 0.4) is 0 Å². The average molecular weight is 446 g/mol. The van der Waals surface area contributed by atoms with Crippen molar-refractivity contribution in [3.8, 4) is 11.3 Å². The van der Waals surface area contributed by atoms with Crippen molar-refractivity contribution in [3.05, 3.63) is 95.5 Å². The Bertz CT molecular complexity index is 1250. The third-order valence-electron chi connectivity index (χ3n) is 4.71. The number of urea groups is 1. The van der Waals surface area contributed by atoms with Gasteiger partial charge < -0.3 is 10.6 Å². The summed E-state index contributed by atoms with van der Waals surface area (Å²) in [5, 5.41) is 13.2. The average Bonchev–Trinajstić information content (AvgIpc) is 3.15. The zero-order valence-electron chi connectivity index (χ0n) is 17.2. The second kappa shape index (κ2) is 9.36. The summed E-state index contributed by atoms with van der Waals surface area (Å²) in [5.41, 5.74) is 3.27. The minimum absolute atomic E-state index is 0.280. The molecule has 32 heavy (non-hydrogen) atoms. The fourth-order valence-electron chi connectivity index (χ4n) is 3.09. The normalized spacial score (nSPS) is 10.4. The van der Waals surface area contributed by atoms with Gasteiger partial charge in [-0.1, -0.05) is 54.1 Å². The highest BCUT2D eigenvalue weighted by molar-refractivity contribution is 6.34. The van der Waals surface area contributed by atoms with Crippen LogP contribution in [0, 0.1) is 0 Å². The van der Waals surface area contributed by atoms with E-state index in [0.717, 1.165) is 5.56 Å². The van der Waals surface area contributed by atoms with E-state index >= 15 is 0 Å². The van der Waals surface area contributed by atoms with Crippen molar-refractivity contribution >= 4 is 40.7 Å². The molecule has 3 aromatic carbocycles. The Morgan fingerprint density at radius 3 is 2.19 bits per heavy atom. The molecule has 4 aromatic rings. The van der Waals surface area contributed by atoms with Crippen LogP contribution in [-0.2, 0) is 7.05 Å². The Kier molecular flexibility index (Phi) is 6.19. The number of carbonyl (C=O) groups is 2. The third kappa shape index (κ3) is 4.96. The van der Waals surface area contributed by atoms with Gasteiger partial charge in [0.25, 0.3) is 5.91 Å². The van der Waals surface area contributed by atoms with Crippen LogP contribution >= 0.6 is 11.6 Å². The number of nitrogens with one attached hydrogen (secondary N) is 3. The highest BCUT2D eigenvalue weighted by Gasteiger charge is 2.12. The quantitative estimate of drug-likeness (QED) is 0.371. The largest absolute Gasteiger partial charge is 0.324 e. The molecule has 1 heterocycles. The Morgan fingerprint density at radius 1 is 0.812 bits per heavy atom. The number of para-hydroxylation sites is 1. The van der Waals surface area contributed by atoms with Crippen molar-refractivity contribution in [2.75, 3.05) is 16.0 Å². The molecular formula is C24H20ClN5O2. The first kappa shape index (κ1) is 21.1. The van der Waals surface area contributed by atoms with Gasteiger partial charge in [-0.05, 0) is 36.4 Å². The van der Waals surface area contributed by atoms with Crippen molar-refractivity contribution in [2.24, 2.45) is 7.05 Å². The number of nitrogens with zero attached hydrogens (tertiary/aromatic N) is 2. The highest BCUT2D eigenvalue weighted by Crippen LogP contribution is 2.24. The maximum absolute atomic E-state index is 12.4. The van der Waals surface area contributed by atoms with E-state index in [9.17, 15) is 9.59 Å². The second-order valence-corrected chi connectivity index (χ2v) is 7.40. The topological polar surface area (TPSA) is 88.1 Å². The van der Waals surface area contributed by atoms with Crippen LogP contribution in [0.1, 0.15) is 10.4 Å². The first-order valence-electron chi connectivity index (χ1n) is 9.83. The minimum atomic E-state index is -0.358. The predicted molar refractivity (Wildman–Crippen MR) is 127 cm³/mol. The summed E-state index contributed by atoms with van der Waals surface area (Å²) in [7, 11) is 1.75. The Labute approximate surface area is 190 Å². The highest BCUT2D eigenvalue weighted by atomic mass is 35.5. The zero-order valence-corrected chi connectivity index (χ0v) is 17.9. The van der Waals surface area contributed by atoms with Gasteiger partial charge in [-0.25, -0.2) is 4.79 Å². The van der Waals surface area contributed by atoms with Crippen LogP contribution in [0.15, 0.2) is 84.9 Å². The van der Waals surface area contributed by atoms with E-state index in [-0.39, 0.29) is 11.9 Å². The van der Waals surface area contributed by atoms with E-state index in [0.29, 0.717) is 33.5 Å². The molecule has 0 radical (unpaired) electrons. The molecule has 1 aromatic heterocycles. The maximum atomic E-state index is 12.4. The van der Waals surface area contributed by atoms with Crippen LogP contribution in [0.25, 0.3) is 11.3 Å². The van der Waals surface area contributed by atoms with Gasteiger partial charge in [0.2, 0.25) is 0 Å². The minimum Gasteiger partial charge on any atom is -0.322 e. The number of hydrogen-bond donors (Lipinski definition) is 3. The van der Waals surface area contributed by atoms with Gasteiger partial charge in [-0.15, -0.1) is 0 Å². The molecule has 0 aliphatic rings. The van der Waals surface area contributed by atoms with Crippen LogP contribution in [0.5, 0.6) is 0 Å². The lowest BCUT2D eigenvalue weighted by Gasteiger charge is -2.07. The molecule has 0 saturated carbocycles. The van der Waals surface area contributed by atoms with E-state index < -0.39 is 0 Å². The Hall–Kier alpha value is -4.10. The SMILES string of the molecule is Cn1nc(-c2ccc(NC(=O)c3ccccc3Cl)cc2)cc1NC(=O)Nc1ccccc1. The maximum Gasteiger partial charge on any atom is 0.324 e. The van der Waals surface area contributed by atoms with Crippen molar-refractivity contribution in [3.63, 3.8) is 0 Å². The molecule has 4 rings (SSSR count). The first-order valence-corrected chi connectivity index (χ1v) is 10.2. The molecule has 0 spiro atoms. The third-order valence-corrected chi connectivity index (χ3v) is 5.04.